The smallest absolute Gasteiger partial charge is 0.284 e. The number of amides is 2. The molecule has 2 heterocycles. The molecule has 10 heteroatoms. The molecular weight excluding hydrogens is 464 g/mol. The third-order valence-electron chi connectivity index (χ3n) is 5.32. The number of rotatable bonds is 6. The van der Waals surface area contributed by atoms with E-state index in [-0.39, 0.29) is 13.2 Å². The second kappa shape index (κ2) is 10.6. The minimum Gasteiger partial charge on any atom is -0.485 e. The summed E-state index contributed by atoms with van der Waals surface area (Å²) in [7, 11) is 0. The first-order chi connectivity index (χ1) is 17.7. The fourth-order valence-corrected chi connectivity index (χ4v) is 3.45. The van der Waals surface area contributed by atoms with Crippen LogP contribution in [0, 0.1) is 0 Å². The van der Waals surface area contributed by atoms with Crippen LogP contribution in [0.4, 0.5) is 0 Å². The molecule has 0 unspecified atom stereocenters. The van der Waals surface area contributed by atoms with Gasteiger partial charge in [0.1, 0.15) is 13.2 Å². The maximum absolute atomic E-state index is 12.3. The Morgan fingerprint density at radius 1 is 0.639 bits per heavy atom. The maximum Gasteiger partial charge on any atom is 0.284 e. The summed E-state index contributed by atoms with van der Waals surface area (Å²) < 4.78 is 22.4. The number of nitrogens with zero attached hydrogens (tertiary/aromatic N) is 2. The SMILES string of the molecule is O=C(N/N=C\c1ccc(/C=N\NC(=O)[C@H]2COc3ccccc3O2)cc1)[C@H]1COc2ccccc2O1. The normalized spacial score (nSPS) is 18.1. The summed E-state index contributed by atoms with van der Waals surface area (Å²) >= 11 is 0. The van der Waals surface area contributed by atoms with Crippen molar-refractivity contribution >= 4 is 24.2 Å². The number of carbonyl (C=O) groups is 2. The fourth-order valence-electron chi connectivity index (χ4n) is 3.45. The topological polar surface area (TPSA) is 120 Å². The van der Waals surface area contributed by atoms with Crippen molar-refractivity contribution in [3.63, 3.8) is 0 Å². The van der Waals surface area contributed by atoms with E-state index in [9.17, 15) is 9.59 Å². The number of fused-ring (bicyclic) bond motifs is 2. The van der Waals surface area contributed by atoms with Crippen molar-refractivity contribution in [3.8, 4) is 23.0 Å². The Morgan fingerprint density at radius 2 is 1.03 bits per heavy atom. The largest absolute Gasteiger partial charge is 0.485 e. The molecule has 0 radical (unpaired) electrons. The number of carbonyl (C=O) groups excluding carboxylic acids is 2. The second-order valence-electron chi connectivity index (χ2n) is 7.86. The second-order valence-corrected chi connectivity index (χ2v) is 7.86. The number of hydrogen-bond acceptors (Lipinski definition) is 8. The van der Waals surface area contributed by atoms with Gasteiger partial charge in [0.2, 0.25) is 12.2 Å². The van der Waals surface area contributed by atoms with Crippen LogP contribution in [0.15, 0.2) is 83.0 Å². The van der Waals surface area contributed by atoms with E-state index in [0.29, 0.717) is 23.0 Å². The summed E-state index contributed by atoms with van der Waals surface area (Å²) in [6, 6.07) is 21.5. The summed E-state index contributed by atoms with van der Waals surface area (Å²) in [5, 5.41) is 7.96. The summed E-state index contributed by atoms with van der Waals surface area (Å²) in [5.41, 5.74) is 6.44. The zero-order chi connectivity index (χ0) is 24.7. The van der Waals surface area contributed by atoms with E-state index in [4.69, 9.17) is 18.9 Å². The predicted molar refractivity (Wildman–Crippen MR) is 131 cm³/mol. The monoisotopic (exact) mass is 486 g/mol. The quantitative estimate of drug-likeness (QED) is 0.408. The molecule has 3 aromatic rings. The lowest BCUT2D eigenvalue weighted by atomic mass is 10.2. The molecule has 0 aliphatic carbocycles. The van der Waals surface area contributed by atoms with E-state index in [1.165, 1.54) is 12.4 Å². The molecule has 2 aliphatic rings. The average Bonchev–Trinajstić information content (AvgIpc) is 2.93. The summed E-state index contributed by atoms with van der Waals surface area (Å²) in [6.45, 7) is 0.215. The molecule has 3 aromatic carbocycles. The van der Waals surface area contributed by atoms with Crippen molar-refractivity contribution in [3.05, 3.63) is 83.9 Å². The Balaban J connectivity index is 1.08. The van der Waals surface area contributed by atoms with Gasteiger partial charge in [0.05, 0.1) is 12.4 Å². The molecule has 0 fully saturated rings. The van der Waals surface area contributed by atoms with Crippen molar-refractivity contribution in [1.82, 2.24) is 10.9 Å². The van der Waals surface area contributed by atoms with Crippen LogP contribution < -0.4 is 29.8 Å². The van der Waals surface area contributed by atoms with Crippen LogP contribution in [0.2, 0.25) is 0 Å². The van der Waals surface area contributed by atoms with Crippen LogP contribution in [0.5, 0.6) is 23.0 Å². The Labute approximate surface area is 206 Å². The molecule has 0 saturated heterocycles. The fraction of sp³-hybridized carbons (Fsp3) is 0.154. The number of benzene rings is 3. The van der Waals surface area contributed by atoms with Crippen LogP contribution in [-0.2, 0) is 9.59 Å². The van der Waals surface area contributed by atoms with Gasteiger partial charge in [-0.25, -0.2) is 10.9 Å². The first-order valence-corrected chi connectivity index (χ1v) is 11.2. The number of nitrogens with one attached hydrogen (secondary N) is 2. The van der Waals surface area contributed by atoms with Crippen LogP contribution in [-0.4, -0.2) is 49.7 Å². The molecule has 182 valence electrons. The molecule has 10 nitrogen and oxygen atoms in total. The number of ether oxygens (including phenoxy) is 4. The van der Waals surface area contributed by atoms with Crippen LogP contribution in [0.1, 0.15) is 11.1 Å². The van der Waals surface area contributed by atoms with Gasteiger partial charge in [0.25, 0.3) is 11.8 Å². The van der Waals surface area contributed by atoms with Crippen molar-refractivity contribution < 1.29 is 28.5 Å². The molecule has 2 atom stereocenters. The highest BCUT2D eigenvalue weighted by atomic mass is 16.6. The molecule has 2 N–H and O–H groups in total. The van der Waals surface area contributed by atoms with E-state index in [1.807, 2.05) is 24.3 Å². The van der Waals surface area contributed by atoms with Gasteiger partial charge in [-0.2, -0.15) is 10.2 Å². The Hall–Kier alpha value is -4.86. The molecule has 0 bridgehead atoms. The van der Waals surface area contributed by atoms with Crippen molar-refractivity contribution in [1.29, 1.82) is 0 Å². The predicted octanol–water partition coefficient (Wildman–Crippen LogP) is 2.27. The molecule has 2 aliphatic heterocycles. The highest BCUT2D eigenvalue weighted by molar-refractivity contribution is 5.87. The zero-order valence-corrected chi connectivity index (χ0v) is 19.0. The van der Waals surface area contributed by atoms with Gasteiger partial charge in [-0.3, -0.25) is 9.59 Å². The summed E-state index contributed by atoms with van der Waals surface area (Å²) in [6.07, 6.45) is 1.45. The highest BCUT2D eigenvalue weighted by Crippen LogP contribution is 2.31. The summed E-state index contributed by atoms with van der Waals surface area (Å²) in [5.74, 6) is 1.44. The lowest BCUT2D eigenvalue weighted by Crippen LogP contribution is -2.42. The zero-order valence-electron chi connectivity index (χ0n) is 19.0. The van der Waals surface area contributed by atoms with Gasteiger partial charge in [0, 0.05) is 0 Å². The number of hydrogen-bond donors (Lipinski definition) is 2. The Bertz CT molecular complexity index is 1210. The van der Waals surface area contributed by atoms with Gasteiger partial charge in [0.15, 0.2) is 23.0 Å². The van der Waals surface area contributed by atoms with E-state index >= 15 is 0 Å². The van der Waals surface area contributed by atoms with Crippen molar-refractivity contribution in [2.45, 2.75) is 12.2 Å². The lowest BCUT2D eigenvalue weighted by Gasteiger charge is -2.24. The minimum atomic E-state index is -0.786. The van der Waals surface area contributed by atoms with E-state index in [1.54, 1.807) is 48.5 Å². The van der Waals surface area contributed by atoms with Crippen LogP contribution in [0.25, 0.3) is 0 Å². The first-order valence-electron chi connectivity index (χ1n) is 11.2. The van der Waals surface area contributed by atoms with E-state index < -0.39 is 24.0 Å². The van der Waals surface area contributed by atoms with E-state index in [0.717, 1.165) is 11.1 Å². The van der Waals surface area contributed by atoms with E-state index in [2.05, 4.69) is 21.1 Å². The molecule has 36 heavy (non-hydrogen) atoms. The Morgan fingerprint density at radius 3 is 1.44 bits per heavy atom. The number of hydrazone groups is 2. The first kappa shape index (κ1) is 22.9. The van der Waals surface area contributed by atoms with Gasteiger partial charge in [-0.05, 0) is 35.4 Å². The van der Waals surface area contributed by atoms with Crippen LogP contribution in [0.3, 0.4) is 0 Å². The van der Waals surface area contributed by atoms with Crippen molar-refractivity contribution in [2.24, 2.45) is 10.2 Å². The van der Waals surface area contributed by atoms with Gasteiger partial charge in [-0.1, -0.05) is 48.5 Å². The maximum atomic E-state index is 12.3. The summed E-state index contributed by atoms with van der Waals surface area (Å²) in [4.78, 5) is 24.6. The van der Waals surface area contributed by atoms with Crippen LogP contribution >= 0.6 is 0 Å². The molecular formula is C26H22N4O6. The molecule has 0 saturated carbocycles. The van der Waals surface area contributed by atoms with Gasteiger partial charge in [-0.15, -0.1) is 0 Å². The highest BCUT2D eigenvalue weighted by Gasteiger charge is 2.28. The third kappa shape index (κ3) is 5.44. The number of para-hydroxylation sites is 4. The molecule has 0 spiro atoms. The third-order valence-corrected chi connectivity index (χ3v) is 5.32. The standard InChI is InChI=1S/C26H22N4O6/c31-25(23-15-33-19-5-1-3-7-21(19)35-23)29-27-13-17-9-11-18(12-10-17)14-28-30-26(32)24-16-34-20-6-2-4-8-22(20)36-24/h1-14,23-24H,15-16H2,(H,29,31)(H,30,32)/b27-13-,28-14-/t23-,24-/m1/s1. The lowest BCUT2D eigenvalue weighted by molar-refractivity contribution is -0.131. The molecule has 5 rings (SSSR count). The Kier molecular flexibility index (Phi) is 6.74. The van der Waals surface area contributed by atoms with Gasteiger partial charge < -0.3 is 18.9 Å². The molecule has 2 amide bonds. The average molecular weight is 486 g/mol. The van der Waals surface area contributed by atoms with Crippen molar-refractivity contribution in [2.75, 3.05) is 13.2 Å². The minimum absolute atomic E-state index is 0.107. The molecule has 0 aromatic heterocycles. The van der Waals surface area contributed by atoms with Gasteiger partial charge >= 0.3 is 0 Å².